The molecule has 4 rings (SSSR count). The van der Waals surface area contributed by atoms with Crippen molar-refractivity contribution in [2.24, 2.45) is 0 Å². The number of methoxy groups -OCH3 is 2. The molecule has 0 unspecified atom stereocenters. The molecule has 2 aromatic carbocycles. The van der Waals surface area contributed by atoms with E-state index in [2.05, 4.69) is 5.32 Å². The van der Waals surface area contributed by atoms with Crippen LogP contribution in [0.5, 0.6) is 11.5 Å². The number of carbonyl (C=O) groups is 2. The number of nitrogens with one attached hydrogen (secondary N) is 1. The van der Waals surface area contributed by atoms with Crippen LogP contribution < -0.4 is 19.7 Å². The van der Waals surface area contributed by atoms with Crippen LogP contribution in [0.25, 0.3) is 0 Å². The maximum atomic E-state index is 13.9. The molecule has 6 nitrogen and oxygen atoms in total. The Kier molecular flexibility index (Phi) is 7.85. The summed E-state index contributed by atoms with van der Waals surface area (Å²) in [5, 5.41) is 5.15. The van der Waals surface area contributed by atoms with E-state index in [0.717, 1.165) is 36.1 Å². The fraction of sp³-hybridized carbons (Fsp3) is 0.333. The van der Waals surface area contributed by atoms with Crippen LogP contribution in [0.4, 0.5) is 5.69 Å². The number of hydrogen-bond donors (Lipinski definition) is 1. The first-order valence-electron chi connectivity index (χ1n) is 11.5. The number of hydrogen-bond acceptors (Lipinski definition) is 5. The van der Waals surface area contributed by atoms with Crippen molar-refractivity contribution in [1.29, 1.82) is 0 Å². The predicted molar refractivity (Wildman–Crippen MR) is 135 cm³/mol. The lowest BCUT2D eigenvalue weighted by Crippen LogP contribution is -2.47. The Labute approximate surface area is 204 Å². The van der Waals surface area contributed by atoms with Crippen molar-refractivity contribution in [3.05, 3.63) is 76.5 Å². The van der Waals surface area contributed by atoms with Crippen LogP contribution in [-0.2, 0) is 16.0 Å². The van der Waals surface area contributed by atoms with Gasteiger partial charge in [-0.05, 0) is 42.0 Å². The van der Waals surface area contributed by atoms with Gasteiger partial charge >= 0.3 is 0 Å². The highest BCUT2D eigenvalue weighted by Crippen LogP contribution is 2.38. The molecular weight excluding hydrogens is 448 g/mol. The zero-order valence-corrected chi connectivity index (χ0v) is 20.3. The normalized spacial score (nSPS) is 14.4. The van der Waals surface area contributed by atoms with Crippen LogP contribution in [-0.4, -0.2) is 32.1 Å². The molecule has 1 heterocycles. The second-order valence-electron chi connectivity index (χ2n) is 8.36. The number of carbonyl (C=O) groups excluding carboxylic acids is 2. The van der Waals surface area contributed by atoms with E-state index in [9.17, 15) is 9.59 Å². The number of amides is 2. The van der Waals surface area contributed by atoms with Crippen LogP contribution in [0.3, 0.4) is 0 Å². The number of nitrogens with zero attached hydrogens (tertiary/aromatic N) is 1. The summed E-state index contributed by atoms with van der Waals surface area (Å²) < 4.78 is 11.0. The molecule has 1 aliphatic carbocycles. The van der Waals surface area contributed by atoms with Gasteiger partial charge in [-0.15, -0.1) is 11.3 Å². The lowest BCUT2D eigenvalue weighted by atomic mass is 10.0. The van der Waals surface area contributed by atoms with Gasteiger partial charge in [0, 0.05) is 17.0 Å². The Balaban J connectivity index is 1.80. The third-order valence-corrected chi connectivity index (χ3v) is 7.02. The van der Waals surface area contributed by atoms with E-state index in [0.29, 0.717) is 17.2 Å². The molecule has 1 fully saturated rings. The van der Waals surface area contributed by atoms with Crippen molar-refractivity contribution in [3.8, 4) is 11.5 Å². The minimum absolute atomic E-state index is 0.130. The van der Waals surface area contributed by atoms with Crippen molar-refractivity contribution in [3.63, 3.8) is 0 Å². The van der Waals surface area contributed by atoms with Crippen LogP contribution >= 0.6 is 11.3 Å². The fourth-order valence-corrected chi connectivity index (χ4v) is 5.15. The van der Waals surface area contributed by atoms with Gasteiger partial charge in [-0.2, -0.15) is 0 Å². The Hall–Kier alpha value is -3.32. The van der Waals surface area contributed by atoms with Crippen molar-refractivity contribution in [1.82, 2.24) is 5.32 Å². The Bertz CT molecular complexity index is 1100. The number of thiophene rings is 1. The Morgan fingerprint density at radius 1 is 1.03 bits per heavy atom. The van der Waals surface area contributed by atoms with Gasteiger partial charge < -0.3 is 14.8 Å². The highest BCUT2D eigenvalue weighted by atomic mass is 32.1. The molecule has 1 saturated carbocycles. The highest BCUT2D eigenvalue weighted by molar-refractivity contribution is 7.10. The van der Waals surface area contributed by atoms with E-state index in [1.807, 2.05) is 47.8 Å². The van der Waals surface area contributed by atoms with E-state index in [4.69, 9.17) is 9.47 Å². The Morgan fingerprint density at radius 3 is 2.44 bits per heavy atom. The number of rotatable bonds is 9. The van der Waals surface area contributed by atoms with E-state index in [-0.39, 0.29) is 24.3 Å². The molecule has 1 atom stereocenters. The lowest BCUT2D eigenvalue weighted by molar-refractivity contribution is -0.127. The molecule has 0 spiro atoms. The summed E-state index contributed by atoms with van der Waals surface area (Å²) in [4.78, 5) is 30.1. The predicted octanol–water partition coefficient (Wildman–Crippen LogP) is 5.14. The molecule has 34 heavy (non-hydrogen) atoms. The second-order valence-corrected chi connectivity index (χ2v) is 9.39. The van der Waals surface area contributed by atoms with Gasteiger partial charge in [0.1, 0.15) is 17.5 Å². The maximum absolute atomic E-state index is 13.9. The van der Waals surface area contributed by atoms with E-state index in [1.54, 1.807) is 37.3 Å². The first kappa shape index (κ1) is 23.8. The minimum atomic E-state index is -0.837. The fourth-order valence-electron chi connectivity index (χ4n) is 4.45. The number of benzene rings is 2. The van der Waals surface area contributed by atoms with E-state index < -0.39 is 6.04 Å². The molecule has 7 heteroatoms. The summed E-state index contributed by atoms with van der Waals surface area (Å²) in [6, 6.07) is 17.9. The third kappa shape index (κ3) is 5.42. The van der Waals surface area contributed by atoms with Crippen LogP contribution in [0.2, 0.25) is 0 Å². The van der Waals surface area contributed by atoms with Gasteiger partial charge in [-0.3, -0.25) is 14.5 Å². The maximum Gasteiger partial charge on any atom is 0.248 e. The summed E-state index contributed by atoms with van der Waals surface area (Å²) in [6.07, 6.45) is 4.32. The molecule has 1 aromatic heterocycles. The zero-order chi connectivity index (χ0) is 23.9. The molecule has 0 saturated heterocycles. The first-order valence-corrected chi connectivity index (χ1v) is 12.4. The monoisotopic (exact) mass is 478 g/mol. The number of anilines is 1. The minimum Gasteiger partial charge on any atom is -0.497 e. The highest BCUT2D eigenvalue weighted by Gasteiger charge is 2.35. The number of ether oxygens (including phenoxy) is 2. The first-order chi connectivity index (χ1) is 16.6. The quantitative estimate of drug-likeness (QED) is 0.462. The van der Waals surface area contributed by atoms with Gasteiger partial charge in [0.2, 0.25) is 11.8 Å². The molecule has 2 amide bonds. The largest absolute Gasteiger partial charge is 0.497 e. The smallest absolute Gasteiger partial charge is 0.248 e. The van der Waals surface area contributed by atoms with Gasteiger partial charge in [0.05, 0.1) is 26.3 Å². The second kappa shape index (κ2) is 11.2. The average molecular weight is 479 g/mol. The van der Waals surface area contributed by atoms with Crippen molar-refractivity contribution >= 4 is 28.8 Å². The van der Waals surface area contributed by atoms with E-state index >= 15 is 0 Å². The van der Waals surface area contributed by atoms with Crippen molar-refractivity contribution in [2.75, 3.05) is 19.1 Å². The summed E-state index contributed by atoms with van der Waals surface area (Å²) in [6.45, 7) is 0. The van der Waals surface area contributed by atoms with Crippen LogP contribution in [0.15, 0.2) is 66.0 Å². The van der Waals surface area contributed by atoms with Crippen molar-refractivity contribution in [2.45, 2.75) is 44.2 Å². The topological polar surface area (TPSA) is 67.9 Å². The molecule has 3 aromatic rings. The van der Waals surface area contributed by atoms with Gasteiger partial charge in [0.25, 0.3) is 0 Å². The third-order valence-electron chi connectivity index (χ3n) is 6.14. The van der Waals surface area contributed by atoms with Crippen LogP contribution in [0.1, 0.15) is 42.2 Å². The summed E-state index contributed by atoms with van der Waals surface area (Å²) in [7, 11) is 3.13. The van der Waals surface area contributed by atoms with Gasteiger partial charge in [-0.25, -0.2) is 0 Å². The molecule has 1 N–H and O–H groups in total. The molecule has 0 radical (unpaired) electrons. The summed E-state index contributed by atoms with van der Waals surface area (Å²) in [5.41, 5.74) is 1.27. The molecule has 178 valence electrons. The summed E-state index contributed by atoms with van der Waals surface area (Å²) in [5.74, 6) is 0.711. The van der Waals surface area contributed by atoms with E-state index in [1.165, 1.54) is 11.3 Å². The zero-order valence-electron chi connectivity index (χ0n) is 19.5. The van der Waals surface area contributed by atoms with Crippen molar-refractivity contribution < 1.29 is 19.1 Å². The van der Waals surface area contributed by atoms with Crippen LogP contribution in [0, 0.1) is 0 Å². The Morgan fingerprint density at radius 2 is 1.79 bits per heavy atom. The molecule has 0 bridgehead atoms. The average Bonchev–Trinajstić information content (AvgIpc) is 3.57. The standard InChI is InChI=1S/C27H30N2O4S/c1-32-21-14-15-23(24(17-21)33-2)29(25(30)18-22-13-8-16-34-22)26(19-9-4-3-5-10-19)27(31)28-20-11-6-7-12-20/h3-5,8-10,13-17,20,26H,6-7,11-12,18H2,1-2H3,(H,28,31)/t26-/m0/s1. The SMILES string of the molecule is COc1ccc(N(C(=O)Cc2cccs2)[C@H](C(=O)NC2CCCC2)c2ccccc2)c(OC)c1. The molecular formula is C27H30N2O4S. The van der Waals surface area contributed by atoms with Gasteiger partial charge in [-0.1, -0.05) is 49.2 Å². The summed E-state index contributed by atoms with van der Waals surface area (Å²) >= 11 is 1.52. The van der Waals surface area contributed by atoms with Gasteiger partial charge in [0.15, 0.2) is 0 Å². The molecule has 0 aliphatic heterocycles. The lowest BCUT2D eigenvalue weighted by Gasteiger charge is -2.33. The molecule has 1 aliphatic rings.